The average Bonchev–Trinajstić information content (AvgIpc) is 3.04. The van der Waals surface area contributed by atoms with E-state index in [1.807, 2.05) is 31.2 Å². The van der Waals surface area contributed by atoms with Gasteiger partial charge >= 0.3 is 5.69 Å². The van der Waals surface area contributed by atoms with Gasteiger partial charge in [0, 0.05) is 10.9 Å². The summed E-state index contributed by atoms with van der Waals surface area (Å²) in [5.41, 5.74) is 1.44. The van der Waals surface area contributed by atoms with Crippen LogP contribution in [0.1, 0.15) is 5.56 Å². The van der Waals surface area contributed by atoms with Crippen LogP contribution in [0.3, 0.4) is 0 Å². The van der Waals surface area contributed by atoms with Gasteiger partial charge in [-0.25, -0.2) is 9.36 Å². The largest absolute Gasteiger partial charge is 0.497 e. The molecule has 0 bridgehead atoms. The maximum absolute atomic E-state index is 13.2. The van der Waals surface area contributed by atoms with E-state index < -0.39 is 5.69 Å². The molecule has 0 unspecified atom stereocenters. The molecule has 1 N–H and O–H groups in total. The molecule has 0 spiro atoms. The van der Waals surface area contributed by atoms with E-state index in [1.54, 1.807) is 38.5 Å². The Kier molecular flexibility index (Phi) is 4.52. The first kappa shape index (κ1) is 18.1. The Balaban J connectivity index is 1.95. The normalized spacial score (nSPS) is 11.0. The summed E-state index contributed by atoms with van der Waals surface area (Å²) in [5.74, 6) is 1.33. The lowest BCUT2D eigenvalue weighted by molar-refractivity contribution is 0.414. The van der Waals surface area contributed by atoms with Crippen LogP contribution in [0.25, 0.3) is 26.3 Å². The van der Waals surface area contributed by atoms with Gasteiger partial charge in [-0.3, -0.25) is 9.78 Å². The van der Waals surface area contributed by atoms with Gasteiger partial charge in [-0.05, 0) is 54.4 Å². The number of thiophene rings is 1. The molecule has 0 radical (unpaired) electrons. The highest BCUT2D eigenvalue weighted by atomic mass is 32.1. The van der Waals surface area contributed by atoms with E-state index in [4.69, 9.17) is 9.47 Å². The summed E-state index contributed by atoms with van der Waals surface area (Å²) in [6.07, 6.45) is 0. The Hall–Kier alpha value is -3.32. The van der Waals surface area contributed by atoms with Gasteiger partial charge in [0.25, 0.3) is 5.56 Å². The maximum atomic E-state index is 13.2. The van der Waals surface area contributed by atoms with Gasteiger partial charge in [0.05, 0.1) is 25.3 Å². The summed E-state index contributed by atoms with van der Waals surface area (Å²) in [4.78, 5) is 30.2. The van der Waals surface area contributed by atoms with Gasteiger partial charge in [0.1, 0.15) is 16.3 Å². The Morgan fingerprint density at radius 1 is 0.964 bits per heavy atom. The number of hydrogen-bond donors (Lipinski definition) is 1. The molecule has 2 aromatic heterocycles. The second-order valence-corrected chi connectivity index (χ2v) is 7.28. The molecule has 0 amide bonds. The second-order valence-electron chi connectivity index (χ2n) is 6.26. The zero-order valence-electron chi connectivity index (χ0n) is 15.6. The monoisotopic (exact) mass is 394 g/mol. The molecule has 0 saturated carbocycles. The summed E-state index contributed by atoms with van der Waals surface area (Å²) < 4.78 is 11.6. The predicted octanol–water partition coefficient (Wildman–Crippen LogP) is 3.73. The molecule has 0 saturated heterocycles. The number of ether oxygens (including phenoxy) is 2. The lowest BCUT2D eigenvalue weighted by Crippen LogP contribution is -2.33. The Labute approximate surface area is 164 Å². The number of nitrogens with one attached hydrogen (secondary N) is 1. The summed E-state index contributed by atoms with van der Waals surface area (Å²) in [7, 11) is 3.16. The third kappa shape index (κ3) is 2.90. The molecule has 28 heavy (non-hydrogen) atoms. The highest BCUT2D eigenvalue weighted by Gasteiger charge is 2.18. The Bertz CT molecular complexity index is 1280. The SMILES string of the molecule is COc1ccc(-c2sc3[nH]c(=O)n(-c4cccc(OC)c4)c(=O)c3c2C)cc1. The number of nitrogens with zero attached hydrogens (tertiary/aromatic N) is 1. The molecule has 0 atom stereocenters. The maximum Gasteiger partial charge on any atom is 0.334 e. The van der Waals surface area contributed by atoms with Gasteiger partial charge in [-0.2, -0.15) is 0 Å². The van der Waals surface area contributed by atoms with Crippen molar-refractivity contribution in [2.45, 2.75) is 6.92 Å². The third-order valence-electron chi connectivity index (χ3n) is 4.65. The van der Waals surface area contributed by atoms with Crippen LogP contribution in [0, 0.1) is 6.92 Å². The van der Waals surface area contributed by atoms with Gasteiger partial charge < -0.3 is 9.47 Å². The second kappa shape index (κ2) is 7.01. The molecule has 2 heterocycles. The molecule has 2 aromatic carbocycles. The van der Waals surface area contributed by atoms with Crippen LogP contribution in [0.5, 0.6) is 11.5 Å². The minimum absolute atomic E-state index is 0.347. The van der Waals surface area contributed by atoms with E-state index >= 15 is 0 Å². The summed E-state index contributed by atoms with van der Waals surface area (Å²) >= 11 is 1.40. The standard InChI is InChI=1S/C21H18N2O4S/c1-12-17-19(28-18(12)13-7-9-15(26-2)10-8-13)22-21(25)23(20(17)24)14-5-4-6-16(11-14)27-3/h4-11H,1-3H3,(H,22,25). The molecule has 142 valence electrons. The zero-order valence-corrected chi connectivity index (χ0v) is 16.4. The fourth-order valence-electron chi connectivity index (χ4n) is 3.22. The van der Waals surface area contributed by atoms with Crippen molar-refractivity contribution in [2.24, 2.45) is 0 Å². The summed E-state index contributed by atoms with van der Waals surface area (Å²) in [6.45, 7) is 1.90. The first-order chi connectivity index (χ1) is 13.5. The van der Waals surface area contributed by atoms with E-state index in [0.717, 1.165) is 26.3 Å². The number of hydrogen-bond acceptors (Lipinski definition) is 5. The minimum atomic E-state index is -0.478. The lowest BCUT2D eigenvalue weighted by Gasteiger charge is -2.07. The first-order valence-electron chi connectivity index (χ1n) is 8.60. The van der Waals surface area contributed by atoms with Crippen molar-refractivity contribution >= 4 is 21.6 Å². The predicted molar refractivity (Wildman–Crippen MR) is 111 cm³/mol. The molecule has 7 heteroatoms. The topological polar surface area (TPSA) is 73.3 Å². The van der Waals surface area contributed by atoms with Crippen LogP contribution in [0.4, 0.5) is 0 Å². The number of aromatic nitrogens is 2. The van der Waals surface area contributed by atoms with Gasteiger partial charge in [-0.15, -0.1) is 11.3 Å². The number of aryl methyl sites for hydroxylation is 1. The molecule has 6 nitrogen and oxygen atoms in total. The molecular formula is C21H18N2O4S. The van der Waals surface area contributed by atoms with Crippen LogP contribution >= 0.6 is 11.3 Å². The molecule has 0 aliphatic carbocycles. The molecule has 4 aromatic rings. The summed E-state index contributed by atoms with van der Waals surface area (Å²) in [5, 5.41) is 0.512. The number of aromatic amines is 1. The first-order valence-corrected chi connectivity index (χ1v) is 9.42. The Morgan fingerprint density at radius 2 is 1.68 bits per heavy atom. The van der Waals surface area contributed by atoms with E-state index in [2.05, 4.69) is 4.98 Å². The van der Waals surface area contributed by atoms with E-state index in [9.17, 15) is 9.59 Å². The van der Waals surface area contributed by atoms with E-state index in [-0.39, 0.29) is 5.56 Å². The molecule has 0 aliphatic rings. The highest BCUT2D eigenvalue weighted by Crippen LogP contribution is 2.36. The average molecular weight is 394 g/mol. The number of H-pyrrole nitrogens is 1. The Morgan fingerprint density at radius 3 is 2.36 bits per heavy atom. The quantitative estimate of drug-likeness (QED) is 0.572. The molecule has 0 fully saturated rings. The van der Waals surface area contributed by atoms with Crippen LogP contribution in [0.15, 0.2) is 58.1 Å². The van der Waals surface area contributed by atoms with Crippen LogP contribution < -0.4 is 20.7 Å². The van der Waals surface area contributed by atoms with Crippen molar-refractivity contribution in [1.29, 1.82) is 0 Å². The van der Waals surface area contributed by atoms with Crippen molar-refractivity contribution in [3.05, 3.63) is 74.9 Å². The van der Waals surface area contributed by atoms with Crippen molar-refractivity contribution in [3.8, 4) is 27.6 Å². The van der Waals surface area contributed by atoms with Gasteiger partial charge in [0.2, 0.25) is 0 Å². The third-order valence-corrected chi connectivity index (χ3v) is 5.91. The van der Waals surface area contributed by atoms with Gasteiger partial charge in [0.15, 0.2) is 0 Å². The lowest BCUT2D eigenvalue weighted by atomic mass is 10.1. The molecule has 0 aliphatic heterocycles. The van der Waals surface area contributed by atoms with Crippen LogP contribution in [-0.4, -0.2) is 23.8 Å². The van der Waals surface area contributed by atoms with Crippen molar-refractivity contribution in [3.63, 3.8) is 0 Å². The number of benzene rings is 2. The number of methoxy groups -OCH3 is 2. The van der Waals surface area contributed by atoms with Crippen molar-refractivity contribution in [2.75, 3.05) is 14.2 Å². The number of rotatable bonds is 4. The minimum Gasteiger partial charge on any atom is -0.497 e. The molecule has 4 rings (SSSR count). The molecular weight excluding hydrogens is 376 g/mol. The summed E-state index contributed by atoms with van der Waals surface area (Å²) in [6, 6.07) is 14.5. The van der Waals surface area contributed by atoms with Gasteiger partial charge in [-0.1, -0.05) is 6.07 Å². The van der Waals surface area contributed by atoms with E-state index in [0.29, 0.717) is 21.7 Å². The highest BCUT2D eigenvalue weighted by molar-refractivity contribution is 7.22. The van der Waals surface area contributed by atoms with Crippen molar-refractivity contribution in [1.82, 2.24) is 9.55 Å². The fraction of sp³-hybridized carbons (Fsp3) is 0.143. The van der Waals surface area contributed by atoms with Crippen LogP contribution in [0.2, 0.25) is 0 Å². The zero-order chi connectivity index (χ0) is 19.8. The number of fused-ring (bicyclic) bond motifs is 1. The van der Waals surface area contributed by atoms with Crippen molar-refractivity contribution < 1.29 is 9.47 Å². The fourth-order valence-corrected chi connectivity index (χ4v) is 4.41. The smallest absolute Gasteiger partial charge is 0.334 e. The van der Waals surface area contributed by atoms with Crippen LogP contribution in [-0.2, 0) is 0 Å². The van der Waals surface area contributed by atoms with E-state index in [1.165, 1.54) is 11.3 Å².